The van der Waals surface area contributed by atoms with Crippen LogP contribution < -0.4 is 14.8 Å². The van der Waals surface area contributed by atoms with Gasteiger partial charge in [0, 0.05) is 9.75 Å². The molecule has 3 aromatic rings. The van der Waals surface area contributed by atoms with Crippen LogP contribution in [0.4, 0.5) is 0 Å². The Hall–Kier alpha value is -2.79. The fraction of sp³-hybridized carbons (Fsp3) is 0.190. The third kappa shape index (κ3) is 3.89. The van der Waals surface area contributed by atoms with E-state index in [2.05, 4.69) is 29.6 Å². The minimum Gasteiger partial charge on any atom is -0.486 e. The number of hydrogen-bond acceptors (Lipinski definition) is 4. The van der Waals surface area contributed by atoms with Gasteiger partial charge in [0.05, 0.1) is 13.0 Å². The minimum absolute atomic E-state index is 0.00339. The number of rotatable bonds is 5. The molecule has 0 aliphatic carbocycles. The zero-order valence-corrected chi connectivity index (χ0v) is 15.1. The summed E-state index contributed by atoms with van der Waals surface area (Å²) in [5.41, 5.74) is 2.12. The van der Waals surface area contributed by atoms with Crippen molar-refractivity contribution in [3.8, 4) is 21.9 Å². The van der Waals surface area contributed by atoms with Crippen LogP contribution in [-0.2, 0) is 17.8 Å². The summed E-state index contributed by atoms with van der Waals surface area (Å²) in [7, 11) is 0. The first kappa shape index (κ1) is 16.7. The zero-order chi connectivity index (χ0) is 17.8. The average Bonchev–Trinajstić information content (AvgIpc) is 3.16. The van der Waals surface area contributed by atoms with E-state index in [4.69, 9.17) is 9.47 Å². The highest BCUT2D eigenvalue weighted by Crippen LogP contribution is 2.31. The normalized spacial score (nSPS) is 12.6. The van der Waals surface area contributed by atoms with Gasteiger partial charge in [-0.05, 0) is 35.4 Å². The van der Waals surface area contributed by atoms with Crippen LogP contribution >= 0.6 is 11.3 Å². The Balaban J connectivity index is 1.34. The summed E-state index contributed by atoms with van der Waals surface area (Å²) in [5, 5.41) is 2.99. The maximum absolute atomic E-state index is 12.3. The van der Waals surface area contributed by atoms with Crippen molar-refractivity contribution in [2.24, 2.45) is 0 Å². The fourth-order valence-corrected chi connectivity index (χ4v) is 3.81. The Labute approximate surface area is 156 Å². The van der Waals surface area contributed by atoms with Crippen molar-refractivity contribution in [1.82, 2.24) is 5.32 Å². The lowest BCUT2D eigenvalue weighted by molar-refractivity contribution is -0.120. The van der Waals surface area contributed by atoms with Crippen molar-refractivity contribution in [2.75, 3.05) is 13.2 Å². The Morgan fingerprint density at radius 2 is 1.77 bits per heavy atom. The predicted octanol–water partition coefficient (Wildman–Crippen LogP) is 4.05. The second kappa shape index (κ2) is 7.62. The highest BCUT2D eigenvalue weighted by Gasteiger charge is 2.13. The van der Waals surface area contributed by atoms with Crippen molar-refractivity contribution in [2.45, 2.75) is 13.0 Å². The molecule has 0 spiro atoms. The van der Waals surface area contributed by atoms with Gasteiger partial charge in [-0.1, -0.05) is 36.4 Å². The van der Waals surface area contributed by atoms with Crippen LogP contribution in [0.3, 0.4) is 0 Å². The molecule has 1 aromatic heterocycles. The summed E-state index contributed by atoms with van der Waals surface area (Å²) in [4.78, 5) is 14.6. The second-order valence-electron chi connectivity index (χ2n) is 6.06. The Kier molecular flexibility index (Phi) is 4.88. The number of benzene rings is 2. The van der Waals surface area contributed by atoms with Gasteiger partial charge in [0.2, 0.25) is 5.91 Å². The first-order valence-corrected chi connectivity index (χ1v) is 9.39. The lowest BCUT2D eigenvalue weighted by Crippen LogP contribution is -2.24. The number of carbonyl (C=O) groups is 1. The third-order valence-electron chi connectivity index (χ3n) is 4.15. The van der Waals surface area contributed by atoms with Crippen LogP contribution in [0.2, 0.25) is 0 Å². The molecule has 4 rings (SSSR count). The molecule has 0 bridgehead atoms. The number of fused-ring (bicyclic) bond motifs is 1. The number of amides is 1. The fourth-order valence-electron chi connectivity index (χ4n) is 2.86. The molecule has 0 fully saturated rings. The van der Waals surface area contributed by atoms with E-state index in [1.165, 1.54) is 10.4 Å². The number of thiophene rings is 1. The van der Waals surface area contributed by atoms with E-state index >= 15 is 0 Å². The van der Waals surface area contributed by atoms with Crippen molar-refractivity contribution < 1.29 is 14.3 Å². The quantitative estimate of drug-likeness (QED) is 0.742. The van der Waals surface area contributed by atoms with E-state index in [1.54, 1.807) is 11.3 Å². The molecule has 1 aliphatic heterocycles. The highest BCUT2D eigenvalue weighted by atomic mass is 32.1. The Morgan fingerprint density at radius 3 is 2.62 bits per heavy atom. The van der Waals surface area contributed by atoms with Crippen molar-refractivity contribution in [1.29, 1.82) is 0 Å². The maximum Gasteiger partial charge on any atom is 0.224 e. The summed E-state index contributed by atoms with van der Waals surface area (Å²) in [6, 6.07) is 20.1. The SMILES string of the molecule is O=C(Cc1ccc2c(c1)OCCO2)NCc1ccc(-c2ccccc2)s1. The van der Waals surface area contributed by atoms with Crippen molar-refractivity contribution in [3.05, 3.63) is 71.1 Å². The number of nitrogens with one attached hydrogen (secondary N) is 1. The molecule has 0 unspecified atom stereocenters. The molecular formula is C21H19NO3S. The van der Waals surface area contributed by atoms with Gasteiger partial charge in [0.1, 0.15) is 13.2 Å². The van der Waals surface area contributed by atoms with E-state index in [9.17, 15) is 4.79 Å². The van der Waals surface area contributed by atoms with Gasteiger partial charge >= 0.3 is 0 Å². The lowest BCUT2D eigenvalue weighted by Gasteiger charge is -2.18. The summed E-state index contributed by atoms with van der Waals surface area (Å²) >= 11 is 1.70. The summed E-state index contributed by atoms with van der Waals surface area (Å²) in [6.45, 7) is 1.66. The van der Waals surface area contributed by atoms with Gasteiger partial charge in [0.15, 0.2) is 11.5 Å². The number of hydrogen-bond donors (Lipinski definition) is 1. The maximum atomic E-state index is 12.3. The van der Waals surface area contributed by atoms with E-state index in [1.807, 2.05) is 36.4 Å². The Bertz CT molecular complexity index is 905. The van der Waals surface area contributed by atoms with Crippen LogP contribution in [0.25, 0.3) is 10.4 Å². The van der Waals surface area contributed by atoms with Crippen LogP contribution in [0, 0.1) is 0 Å². The summed E-state index contributed by atoms with van der Waals surface area (Å²) in [5.74, 6) is 1.45. The Morgan fingerprint density at radius 1 is 0.962 bits per heavy atom. The molecule has 2 heterocycles. The van der Waals surface area contributed by atoms with E-state index in [0.717, 1.165) is 16.2 Å². The lowest BCUT2D eigenvalue weighted by atomic mass is 10.1. The van der Waals surface area contributed by atoms with Crippen LogP contribution in [-0.4, -0.2) is 19.1 Å². The standard InChI is InChI=1S/C21H19NO3S/c23-21(13-15-6-8-18-19(12-15)25-11-10-24-18)22-14-17-7-9-20(26-17)16-4-2-1-3-5-16/h1-9,12H,10-11,13-14H2,(H,22,23). The second-order valence-corrected chi connectivity index (χ2v) is 7.23. The predicted molar refractivity (Wildman–Crippen MR) is 103 cm³/mol. The molecule has 0 saturated carbocycles. The van der Waals surface area contributed by atoms with Gasteiger partial charge in [-0.3, -0.25) is 4.79 Å². The van der Waals surface area contributed by atoms with E-state index in [0.29, 0.717) is 31.9 Å². The first-order chi connectivity index (χ1) is 12.8. The molecule has 0 saturated heterocycles. The first-order valence-electron chi connectivity index (χ1n) is 8.57. The molecule has 0 radical (unpaired) electrons. The van der Waals surface area contributed by atoms with Gasteiger partial charge in [-0.25, -0.2) is 0 Å². The average molecular weight is 365 g/mol. The van der Waals surface area contributed by atoms with Crippen molar-refractivity contribution in [3.63, 3.8) is 0 Å². The zero-order valence-electron chi connectivity index (χ0n) is 14.2. The molecule has 2 aromatic carbocycles. The number of carbonyl (C=O) groups excluding carboxylic acids is 1. The van der Waals surface area contributed by atoms with Crippen LogP contribution in [0.15, 0.2) is 60.7 Å². The molecule has 4 nitrogen and oxygen atoms in total. The van der Waals surface area contributed by atoms with E-state index in [-0.39, 0.29) is 5.91 Å². The molecule has 26 heavy (non-hydrogen) atoms. The van der Waals surface area contributed by atoms with Gasteiger partial charge in [-0.15, -0.1) is 11.3 Å². The largest absolute Gasteiger partial charge is 0.486 e. The number of ether oxygens (including phenoxy) is 2. The topological polar surface area (TPSA) is 47.6 Å². The van der Waals surface area contributed by atoms with Gasteiger partial charge < -0.3 is 14.8 Å². The monoisotopic (exact) mass is 365 g/mol. The smallest absolute Gasteiger partial charge is 0.224 e. The molecule has 1 N–H and O–H groups in total. The van der Waals surface area contributed by atoms with Gasteiger partial charge in [0.25, 0.3) is 0 Å². The molecule has 5 heteroatoms. The summed E-state index contributed by atoms with van der Waals surface area (Å²) < 4.78 is 11.1. The molecule has 0 atom stereocenters. The van der Waals surface area contributed by atoms with Crippen molar-refractivity contribution >= 4 is 17.2 Å². The highest BCUT2D eigenvalue weighted by molar-refractivity contribution is 7.15. The van der Waals surface area contributed by atoms with Gasteiger partial charge in [-0.2, -0.15) is 0 Å². The minimum atomic E-state index is -0.00339. The molecular weight excluding hydrogens is 346 g/mol. The van der Waals surface area contributed by atoms with E-state index < -0.39 is 0 Å². The molecule has 132 valence electrons. The van der Waals surface area contributed by atoms with Crippen LogP contribution in [0.1, 0.15) is 10.4 Å². The molecule has 1 aliphatic rings. The molecule has 1 amide bonds. The third-order valence-corrected chi connectivity index (χ3v) is 5.29. The van der Waals surface area contributed by atoms with Crippen LogP contribution in [0.5, 0.6) is 11.5 Å². The summed E-state index contributed by atoms with van der Waals surface area (Å²) in [6.07, 6.45) is 0.327.